The summed E-state index contributed by atoms with van der Waals surface area (Å²) in [7, 11) is 1.68. The quantitative estimate of drug-likeness (QED) is 0.891. The van der Waals surface area contributed by atoms with Gasteiger partial charge < -0.3 is 10.1 Å². The van der Waals surface area contributed by atoms with Crippen LogP contribution in [0, 0.1) is 11.7 Å². The van der Waals surface area contributed by atoms with Crippen LogP contribution in [0.4, 0.5) is 10.1 Å². The Morgan fingerprint density at radius 3 is 2.87 bits per heavy atom. The largest absolute Gasteiger partial charge is 0.385 e. The Labute approximate surface area is 98.0 Å². The topological polar surface area (TPSA) is 21.3 Å². The summed E-state index contributed by atoms with van der Waals surface area (Å²) in [5, 5.41) is 3.16. The standard InChI is InChI=1S/C11H15BrFNO/c1-8(7-15-2)6-14-9-3-4-10(12)11(13)5-9/h3-5,8,14H,6-7H2,1-2H3. The van der Waals surface area contributed by atoms with Crippen LogP contribution in [0.1, 0.15) is 6.92 Å². The second-order valence-electron chi connectivity index (χ2n) is 3.57. The number of hydrogen-bond donors (Lipinski definition) is 1. The second-order valence-corrected chi connectivity index (χ2v) is 4.42. The summed E-state index contributed by atoms with van der Waals surface area (Å²) < 4.78 is 18.6. The molecule has 0 bridgehead atoms. The first-order chi connectivity index (χ1) is 7.13. The maximum Gasteiger partial charge on any atom is 0.139 e. The van der Waals surface area contributed by atoms with Crippen molar-refractivity contribution in [2.45, 2.75) is 6.92 Å². The molecule has 84 valence electrons. The van der Waals surface area contributed by atoms with Gasteiger partial charge in [0, 0.05) is 19.3 Å². The van der Waals surface area contributed by atoms with Crippen molar-refractivity contribution in [1.82, 2.24) is 0 Å². The number of hydrogen-bond acceptors (Lipinski definition) is 2. The third-order valence-electron chi connectivity index (χ3n) is 2.03. The lowest BCUT2D eigenvalue weighted by Gasteiger charge is -2.12. The number of ether oxygens (including phenoxy) is 1. The molecule has 0 fully saturated rings. The van der Waals surface area contributed by atoms with Gasteiger partial charge in [-0.25, -0.2) is 4.39 Å². The van der Waals surface area contributed by atoms with E-state index in [1.807, 2.05) is 6.07 Å². The Bertz CT molecular complexity index is 319. The molecule has 0 aliphatic rings. The molecule has 0 heterocycles. The summed E-state index contributed by atoms with van der Waals surface area (Å²) in [6, 6.07) is 5.01. The Hall–Kier alpha value is -0.610. The minimum atomic E-state index is -0.251. The van der Waals surface area contributed by atoms with Gasteiger partial charge in [-0.2, -0.15) is 0 Å². The Balaban J connectivity index is 2.47. The van der Waals surface area contributed by atoms with Gasteiger partial charge in [0.2, 0.25) is 0 Å². The van der Waals surface area contributed by atoms with Gasteiger partial charge in [-0.1, -0.05) is 6.92 Å². The lowest BCUT2D eigenvalue weighted by atomic mass is 10.2. The van der Waals surface area contributed by atoms with Gasteiger partial charge in [0.15, 0.2) is 0 Å². The van der Waals surface area contributed by atoms with Crippen molar-refractivity contribution in [3.05, 3.63) is 28.5 Å². The molecule has 1 atom stereocenters. The van der Waals surface area contributed by atoms with Crippen LogP contribution in [-0.2, 0) is 4.74 Å². The Morgan fingerprint density at radius 2 is 2.27 bits per heavy atom. The van der Waals surface area contributed by atoms with Crippen LogP contribution in [0.2, 0.25) is 0 Å². The molecule has 0 saturated heterocycles. The van der Waals surface area contributed by atoms with E-state index in [2.05, 4.69) is 28.2 Å². The summed E-state index contributed by atoms with van der Waals surface area (Å²) in [6.07, 6.45) is 0. The lowest BCUT2D eigenvalue weighted by Crippen LogP contribution is -2.15. The van der Waals surface area contributed by atoms with Crippen LogP contribution in [0.25, 0.3) is 0 Å². The van der Waals surface area contributed by atoms with Crippen molar-refractivity contribution >= 4 is 21.6 Å². The van der Waals surface area contributed by atoms with E-state index in [1.54, 1.807) is 13.2 Å². The molecule has 4 heteroatoms. The number of nitrogens with one attached hydrogen (secondary N) is 1. The molecule has 0 amide bonds. The molecule has 2 nitrogen and oxygen atoms in total. The predicted molar refractivity (Wildman–Crippen MR) is 63.6 cm³/mol. The minimum Gasteiger partial charge on any atom is -0.385 e. The zero-order valence-electron chi connectivity index (χ0n) is 8.89. The van der Waals surface area contributed by atoms with Gasteiger partial charge in [-0.15, -0.1) is 0 Å². The van der Waals surface area contributed by atoms with Crippen molar-refractivity contribution in [1.29, 1.82) is 0 Å². The average molecular weight is 276 g/mol. The highest BCUT2D eigenvalue weighted by Gasteiger charge is 2.03. The number of benzene rings is 1. The molecule has 0 saturated carbocycles. The fourth-order valence-electron chi connectivity index (χ4n) is 1.24. The summed E-state index contributed by atoms with van der Waals surface area (Å²) in [5.41, 5.74) is 0.790. The van der Waals surface area contributed by atoms with Crippen LogP contribution >= 0.6 is 15.9 Å². The van der Waals surface area contributed by atoms with Crippen LogP contribution in [-0.4, -0.2) is 20.3 Å². The maximum absolute atomic E-state index is 13.1. The van der Waals surface area contributed by atoms with Gasteiger partial charge in [-0.3, -0.25) is 0 Å². The number of anilines is 1. The van der Waals surface area contributed by atoms with E-state index in [9.17, 15) is 4.39 Å². The molecular formula is C11H15BrFNO. The zero-order valence-corrected chi connectivity index (χ0v) is 10.5. The normalized spacial score (nSPS) is 12.5. The second kappa shape index (κ2) is 6.08. The number of rotatable bonds is 5. The van der Waals surface area contributed by atoms with Crippen LogP contribution in [0.15, 0.2) is 22.7 Å². The zero-order chi connectivity index (χ0) is 11.3. The highest BCUT2D eigenvalue weighted by molar-refractivity contribution is 9.10. The van der Waals surface area contributed by atoms with E-state index in [0.717, 1.165) is 12.2 Å². The smallest absolute Gasteiger partial charge is 0.139 e. The highest BCUT2D eigenvalue weighted by Crippen LogP contribution is 2.19. The molecule has 15 heavy (non-hydrogen) atoms. The third-order valence-corrected chi connectivity index (χ3v) is 2.67. The van der Waals surface area contributed by atoms with E-state index in [1.165, 1.54) is 6.07 Å². The van der Waals surface area contributed by atoms with Crippen molar-refractivity contribution in [2.75, 3.05) is 25.6 Å². The summed E-state index contributed by atoms with van der Waals surface area (Å²) in [5.74, 6) is 0.154. The minimum absolute atomic E-state index is 0.251. The molecule has 0 aliphatic heterocycles. The molecule has 1 aromatic carbocycles. The fourth-order valence-corrected chi connectivity index (χ4v) is 1.49. The van der Waals surface area contributed by atoms with E-state index in [0.29, 0.717) is 17.0 Å². The van der Waals surface area contributed by atoms with Gasteiger partial charge in [0.1, 0.15) is 5.82 Å². The van der Waals surface area contributed by atoms with Crippen molar-refractivity contribution < 1.29 is 9.13 Å². The van der Waals surface area contributed by atoms with E-state index < -0.39 is 0 Å². The van der Waals surface area contributed by atoms with Gasteiger partial charge >= 0.3 is 0 Å². The summed E-state index contributed by atoms with van der Waals surface area (Å²) >= 11 is 3.11. The van der Waals surface area contributed by atoms with E-state index in [-0.39, 0.29) is 5.82 Å². The molecular weight excluding hydrogens is 261 g/mol. The van der Waals surface area contributed by atoms with Gasteiger partial charge in [-0.05, 0) is 40.0 Å². The van der Waals surface area contributed by atoms with Crippen molar-refractivity contribution in [3.8, 4) is 0 Å². The first kappa shape index (κ1) is 12.5. The molecule has 0 aromatic heterocycles. The average Bonchev–Trinajstić information content (AvgIpc) is 2.20. The van der Waals surface area contributed by atoms with Crippen molar-refractivity contribution in [2.24, 2.45) is 5.92 Å². The molecule has 1 N–H and O–H groups in total. The molecule has 0 spiro atoms. The first-order valence-electron chi connectivity index (χ1n) is 4.81. The Kier molecular flexibility index (Phi) is 5.05. The van der Waals surface area contributed by atoms with Crippen LogP contribution in [0.5, 0.6) is 0 Å². The third kappa shape index (κ3) is 4.18. The Morgan fingerprint density at radius 1 is 1.53 bits per heavy atom. The predicted octanol–water partition coefficient (Wildman–Crippen LogP) is 3.28. The van der Waals surface area contributed by atoms with Crippen molar-refractivity contribution in [3.63, 3.8) is 0 Å². The van der Waals surface area contributed by atoms with Crippen LogP contribution < -0.4 is 5.32 Å². The van der Waals surface area contributed by atoms with E-state index in [4.69, 9.17) is 4.74 Å². The maximum atomic E-state index is 13.1. The lowest BCUT2D eigenvalue weighted by molar-refractivity contribution is 0.164. The molecule has 0 radical (unpaired) electrons. The number of halogens is 2. The van der Waals surface area contributed by atoms with Gasteiger partial charge in [0.25, 0.3) is 0 Å². The first-order valence-corrected chi connectivity index (χ1v) is 5.60. The van der Waals surface area contributed by atoms with E-state index >= 15 is 0 Å². The summed E-state index contributed by atoms with van der Waals surface area (Å²) in [6.45, 7) is 3.55. The number of methoxy groups -OCH3 is 1. The van der Waals surface area contributed by atoms with Crippen LogP contribution in [0.3, 0.4) is 0 Å². The fraction of sp³-hybridized carbons (Fsp3) is 0.455. The molecule has 0 aliphatic carbocycles. The monoisotopic (exact) mass is 275 g/mol. The molecule has 1 aromatic rings. The molecule has 1 unspecified atom stereocenters. The summed E-state index contributed by atoms with van der Waals surface area (Å²) in [4.78, 5) is 0. The molecule has 1 rings (SSSR count). The SMILES string of the molecule is COCC(C)CNc1ccc(Br)c(F)c1. The highest BCUT2D eigenvalue weighted by atomic mass is 79.9. The van der Waals surface area contributed by atoms with Gasteiger partial charge in [0.05, 0.1) is 11.1 Å².